The summed E-state index contributed by atoms with van der Waals surface area (Å²) in [5, 5.41) is 0.344. The Morgan fingerprint density at radius 2 is 2.00 bits per heavy atom. The molecular formula is C8H8BClO4. The molecular weight excluding hydrogens is 206 g/mol. The van der Waals surface area contributed by atoms with Gasteiger partial charge in [-0.1, -0.05) is 0 Å². The summed E-state index contributed by atoms with van der Waals surface area (Å²) in [7, 11) is 6.75. The molecule has 0 aliphatic rings. The number of ether oxygens (including phenoxy) is 1. The van der Waals surface area contributed by atoms with E-state index >= 15 is 0 Å². The first-order valence-electron chi connectivity index (χ1n) is 3.28. The largest absolute Gasteiger partial charge is 0.870 e. The van der Waals surface area contributed by atoms with Gasteiger partial charge in [-0.05, 0) is 0 Å². The fourth-order valence-corrected chi connectivity index (χ4v) is 1.00. The van der Waals surface area contributed by atoms with Crippen LogP contribution >= 0.6 is 11.6 Å². The monoisotopic (exact) mass is 214 g/mol. The molecule has 0 aliphatic carbocycles. The quantitative estimate of drug-likeness (QED) is 0.505. The molecule has 1 aromatic carbocycles. The standard InChI is InChI=1S/C8H6BClO2.2H2O/c1-12-8(11)6-4-5(9)2-3-7(6)10;;/h2-4H,1H3;2*1H2/q+2;;/p-2. The molecule has 0 unspecified atom stereocenters. The third-order valence-corrected chi connectivity index (χ3v) is 1.73. The zero-order chi connectivity index (χ0) is 9.14. The smallest absolute Gasteiger partial charge is 0.870 e. The van der Waals surface area contributed by atoms with E-state index < -0.39 is 5.97 Å². The normalized spacial score (nSPS) is 8.29. The molecule has 2 N–H and O–H groups in total. The van der Waals surface area contributed by atoms with Crippen molar-refractivity contribution in [2.75, 3.05) is 7.11 Å². The molecule has 0 aromatic heterocycles. The second-order valence-corrected chi connectivity index (χ2v) is 2.64. The second kappa shape index (κ2) is 6.42. The fraction of sp³-hybridized carbons (Fsp3) is 0.125. The van der Waals surface area contributed by atoms with E-state index in [1.165, 1.54) is 13.2 Å². The number of halogens is 1. The Kier molecular flexibility index (Phi) is 7.08. The zero-order valence-corrected chi connectivity index (χ0v) is 8.15. The number of carbonyl (C=O) groups is 1. The molecule has 0 heterocycles. The molecule has 0 aliphatic heterocycles. The van der Waals surface area contributed by atoms with Gasteiger partial charge in [-0.3, -0.25) is 0 Å². The van der Waals surface area contributed by atoms with Gasteiger partial charge in [0.15, 0.2) is 0 Å². The summed E-state index contributed by atoms with van der Waals surface area (Å²) in [6, 6.07) is 4.66. The molecule has 14 heavy (non-hydrogen) atoms. The number of benzene rings is 1. The first kappa shape index (κ1) is 15.4. The van der Waals surface area contributed by atoms with Gasteiger partial charge in [-0.15, -0.1) is 0 Å². The topological polar surface area (TPSA) is 86.3 Å². The number of methoxy groups -OCH3 is 1. The average molecular weight is 214 g/mol. The van der Waals surface area contributed by atoms with Crippen molar-refractivity contribution in [3.05, 3.63) is 28.8 Å². The molecule has 0 bridgehead atoms. The summed E-state index contributed by atoms with van der Waals surface area (Å²) in [6.45, 7) is 0. The Balaban J connectivity index is 0. The van der Waals surface area contributed by atoms with Crippen LogP contribution in [0.15, 0.2) is 18.2 Å². The van der Waals surface area contributed by atoms with Crippen LogP contribution in [0.2, 0.25) is 5.02 Å². The number of rotatable bonds is 1. The third kappa shape index (κ3) is 3.37. The van der Waals surface area contributed by atoms with Crippen LogP contribution in [0.5, 0.6) is 0 Å². The van der Waals surface area contributed by atoms with E-state index in [1.807, 2.05) is 0 Å². The Morgan fingerprint density at radius 1 is 1.43 bits per heavy atom. The Labute approximate surface area is 87.9 Å². The summed E-state index contributed by atoms with van der Waals surface area (Å²) < 4.78 is 4.49. The predicted octanol–water partition coefficient (Wildman–Crippen LogP) is 0.567. The second-order valence-electron chi connectivity index (χ2n) is 2.23. The van der Waals surface area contributed by atoms with E-state index in [-0.39, 0.29) is 11.0 Å². The SMILES string of the molecule is [B+2]c1ccc(Cl)c(C(=O)OC)c1.[OH-].[OH-]. The number of esters is 1. The van der Waals surface area contributed by atoms with Crippen LogP contribution in [-0.4, -0.2) is 31.9 Å². The van der Waals surface area contributed by atoms with E-state index in [0.717, 1.165) is 0 Å². The van der Waals surface area contributed by atoms with Crippen molar-refractivity contribution in [3.63, 3.8) is 0 Å². The third-order valence-electron chi connectivity index (χ3n) is 1.40. The number of hydrogen-bond donors (Lipinski definition) is 0. The minimum atomic E-state index is -0.479. The molecule has 0 spiro atoms. The van der Waals surface area contributed by atoms with Gasteiger partial charge < -0.3 is 11.0 Å². The molecule has 4 nitrogen and oxygen atoms in total. The molecule has 0 radical (unpaired) electrons. The summed E-state index contributed by atoms with van der Waals surface area (Å²) >= 11 is 5.71. The van der Waals surface area contributed by atoms with E-state index in [0.29, 0.717) is 16.0 Å². The van der Waals surface area contributed by atoms with Gasteiger partial charge in [-0.25, -0.2) is 0 Å². The maximum atomic E-state index is 11.0. The molecule has 6 heteroatoms. The van der Waals surface area contributed by atoms with Crippen LogP contribution in [0.1, 0.15) is 10.4 Å². The van der Waals surface area contributed by atoms with Gasteiger partial charge in [-0.2, -0.15) is 0 Å². The molecule has 1 aromatic rings. The van der Waals surface area contributed by atoms with Gasteiger partial charge in [0.1, 0.15) is 0 Å². The van der Waals surface area contributed by atoms with Crippen molar-refractivity contribution in [2.24, 2.45) is 0 Å². The van der Waals surface area contributed by atoms with Gasteiger partial charge in [0.2, 0.25) is 0 Å². The Bertz CT molecular complexity index is 316. The van der Waals surface area contributed by atoms with E-state index in [2.05, 4.69) is 4.74 Å². The molecule has 74 valence electrons. The first-order valence-corrected chi connectivity index (χ1v) is 3.66. The van der Waals surface area contributed by atoms with Crippen molar-refractivity contribution in [1.82, 2.24) is 0 Å². The maximum Gasteiger partial charge on any atom is -0.870 e. The molecule has 0 amide bonds. The molecule has 0 atom stereocenters. The van der Waals surface area contributed by atoms with Crippen molar-refractivity contribution in [1.29, 1.82) is 0 Å². The number of carbonyl (C=O) groups excluding carboxylic acids is 1. The van der Waals surface area contributed by atoms with Crippen LogP contribution in [0.3, 0.4) is 0 Å². The minimum Gasteiger partial charge on any atom is -0.870 e. The Morgan fingerprint density at radius 3 is 2.50 bits per heavy atom. The van der Waals surface area contributed by atoms with E-state index in [9.17, 15) is 4.79 Å². The van der Waals surface area contributed by atoms with Crippen molar-refractivity contribution in [2.45, 2.75) is 0 Å². The average Bonchev–Trinajstić information content (AvgIpc) is 2.08. The molecule has 0 fully saturated rings. The van der Waals surface area contributed by atoms with Gasteiger partial charge >= 0.3 is 76.3 Å². The van der Waals surface area contributed by atoms with Crippen molar-refractivity contribution < 1.29 is 20.5 Å². The minimum absolute atomic E-state index is 0. The van der Waals surface area contributed by atoms with Gasteiger partial charge in [0, 0.05) is 0 Å². The van der Waals surface area contributed by atoms with Crippen LogP contribution < -0.4 is 5.46 Å². The molecule has 0 saturated carbocycles. The summed E-state index contributed by atoms with van der Waals surface area (Å²) in [6.07, 6.45) is 0. The van der Waals surface area contributed by atoms with Crippen LogP contribution in [-0.2, 0) is 4.74 Å². The fourth-order valence-electron chi connectivity index (χ4n) is 0.809. The molecule has 0 saturated heterocycles. The number of hydrogen-bond acceptors (Lipinski definition) is 4. The molecule has 1 rings (SSSR count). The maximum absolute atomic E-state index is 11.0. The van der Waals surface area contributed by atoms with Crippen LogP contribution in [0.4, 0.5) is 0 Å². The summed E-state index contributed by atoms with van der Waals surface area (Å²) in [5.41, 5.74) is 0.777. The summed E-state index contributed by atoms with van der Waals surface area (Å²) in [5.74, 6) is -0.479. The van der Waals surface area contributed by atoms with Crippen LogP contribution in [0, 0.1) is 0 Å². The van der Waals surface area contributed by atoms with Gasteiger partial charge in [0.05, 0.1) is 0 Å². The Hall–Kier alpha value is -1.04. The summed E-state index contributed by atoms with van der Waals surface area (Å²) in [4.78, 5) is 11.0. The zero-order valence-electron chi connectivity index (χ0n) is 7.40. The van der Waals surface area contributed by atoms with Crippen molar-refractivity contribution in [3.8, 4) is 0 Å². The van der Waals surface area contributed by atoms with Crippen molar-refractivity contribution >= 4 is 30.9 Å². The first-order chi connectivity index (χ1) is 5.65. The van der Waals surface area contributed by atoms with Gasteiger partial charge in [0.25, 0.3) is 0 Å². The predicted molar refractivity (Wildman–Crippen MR) is 52.1 cm³/mol. The van der Waals surface area contributed by atoms with E-state index in [4.69, 9.17) is 19.4 Å². The van der Waals surface area contributed by atoms with Crippen LogP contribution in [0.25, 0.3) is 0 Å². The van der Waals surface area contributed by atoms with E-state index in [1.54, 1.807) is 12.1 Å².